The van der Waals surface area contributed by atoms with Crippen molar-refractivity contribution in [3.05, 3.63) is 52.3 Å². The number of rotatable bonds is 3. The fourth-order valence-electron chi connectivity index (χ4n) is 3.34. The first kappa shape index (κ1) is 13.4. The van der Waals surface area contributed by atoms with Gasteiger partial charge in [0.25, 0.3) is 0 Å². The molecular weight excluding hydrogens is 246 g/mol. The molecule has 0 radical (unpaired) electrons. The van der Waals surface area contributed by atoms with Gasteiger partial charge in [0.2, 0.25) is 0 Å². The Bertz CT molecular complexity index is 627. The Kier molecular flexibility index (Phi) is 3.38. The van der Waals surface area contributed by atoms with Crippen LogP contribution in [-0.4, -0.2) is 16.3 Å². The molecule has 3 nitrogen and oxygen atoms in total. The summed E-state index contributed by atoms with van der Waals surface area (Å²) in [5.41, 5.74) is 6.64. The number of aromatic nitrogens is 2. The Labute approximate surface area is 121 Å². The van der Waals surface area contributed by atoms with Crippen LogP contribution in [-0.2, 0) is 6.42 Å². The summed E-state index contributed by atoms with van der Waals surface area (Å²) in [6, 6.07) is 9.53. The van der Waals surface area contributed by atoms with Crippen LogP contribution < -0.4 is 5.32 Å². The van der Waals surface area contributed by atoms with E-state index in [0.29, 0.717) is 12.1 Å². The van der Waals surface area contributed by atoms with E-state index in [1.807, 2.05) is 0 Å². The van der Waals surface area contributed by atoms with Gasteiger partial charge in [0, 0.05) is 5.69 Å². The van der Waals surface area contributed by atoms with Crippen LogP contribution in [0.25, 0.3) is 0 Å². The molecule has 106 valence electrons. The van der Waals surface area contributed by atoms with Crippen molar-refractivity contribution in [3.8, 4) is 0 Å². The smallest absolute Gasteiger partial charge is 0.0757 e. The Hall–Kier alpha value is -1.61. The lowest BCUT2D eigenvalue weighted by molar-refractivity contribution is 0.353. The van der Waals surface area contributed by atoms with Gasteiger partial charge in [-0.3, -0.25) is 4.68 Å². The van der Waals surface area contributed by atoms with E-state index in [0.717, 1.165) is 18.7 Å². The highest BCUT2D eigenvalue weighted by molar-refractivity contribution is 5.37. The predicted molar refractivity (Wildman–Crippen MR) is 82.0 cm³/mol. The minimum Gasteiger partial charge on any atom is -0.308 e. The molecule has 0 amide bonds. The highest BCUT2D eigenvalue weighted by Crippen LogP contribution is 2.39. The summed E-state index contributed by atoms with van der Waals surface area (Å²) in [6.07, 6.45) is 1.06. The lowest BCUT2D eigenvalue weighted by Crippen LogP contribution is -2.28. The molecular formula is C17H23N3. The van der Waals surface area contributed by atoms with E-state index in [-0.39, 0.29) is 0 Å². The number of likely N-dealkylation sites (N-methyl/N-ethyl adjacent to an activating group) is 1. The predicted octanol–water partition coefficient (Wildman–Crippen LogP) is 3.26. The van der Waals surface area contributed by atoms with Gasteiger partial charge in [0.05, 0.1) is 17.8 Å². The Morgan fingerprint density at radius 2 is 2.00 bits per heavy atom. The summed E-state index contributed by atoms with van der Waals surface area (Å²) in [6.45, 7) is 9.60. The molecule has 2 aromatic rings. The van der Waals surface area contributed by atoms with Gasteiger partial charge in [-0.15, -0.1) is 0 Å². The van der Waals surface area contributed by atoms with E-state index in [4.69, 9.17) is 5.10 Å². The average molecular weight is 269 g/mol. The Morgan fingerprint density at radius 1 is 1.25 bits per heavy atom. The molecule has 3 rings (SSSR count). The fraction of sp³-hybridized carbons (Fsp3) is 0.471. The lowest BCUT2D eigenvalue weighted by atomic mass is 10.1. The van der Waals surface area contributed by atoms with Gasteiger partial charge in [0.15, 0.2) is 0 Å². The quantitative estimate of drug-likeness (QED) is 0.927. The van der Waals surface area contributed by atoms with Crippen molar-refractivity contribution in [2.24, 2.45) is 0 Å². The summed E-state index contributed by atoms with van der Waals surface area (Å²) in [5, 5.41) is 8.43. The van der Waals surface area contributed by atoms with Crippen molar-refractivity contribution in [2.75, 3.05) is 6.54 Å². The van der Waals surface area contributed by atoms with Crippen LogP contribution in [0.4, 0.5) is 0 Å². The van der Waals surface area contributed by atoms with Crippen molar-refractivity contribution < 1.29 is 0 Å². The van der Waals surface area contributed by atoms with E-state index in [2.05, 4.69) is 62.0 Å². The van der Waals surface area contributed by atoms with E-state index in [1.165, 1.54) is 22.4 Å². The van der Waals surface area contributed by atoms with Crippen molar-refractivity contribution in [1.29, 1.82) is 0 Å². The molecule has 1 aliphatic carbocycles. The zero-order valence-electron chi connectivity index (χ0n) is 12.8. The van der Waals surface area contributed by atoms with Crippen molar-refractivity contribution >= 4 is 0 Å². The average Bonchev–Trinajstić information content (AvgIpc) is 2.93. The second-order valence-electron chi connectivity index (χ2n) is 5.75. The second-order valence-corrected chi connectivity index (χ2v) is 5.75. The molecule has 0 saturated carbocycles. The minimum atomic E-state index is 0.369. The standard InChI is InChI=1S/C17H23N3/c1-5-18-17-15-9-7-6-8-14(15)10-16(17)20-13(4)11(2)12(3)19-20/h6-9,16-18H,5,10H2,1-4H3. The molecule has 0 spiro atoms. The van der Waals surface area contributed by atoms with Gasteiger partial charge in [0.1, 0.15) is 0 Å². The largest absolute Gasteiger partial charge is 0.308 e. The maximum Gasteiger partial charge on any atom is 0.0757 e. The van der Waals surface area contributed by atoms with Crippen LogP contribution >= 0.6 is 0 Å². The number of aryl methyl sites for hydroxylation is 1. The number of hydrogen-bond donors (Lipinski definition) is 1. The maximum absolute atomic E-state index is 4.78. The molecule has 1 heterocycles. The number of nitrogens with one attached hydrogen (secondary N) is 1. The van der Waals surface area contributed by atoms with Gasteiger partial charge < -0.3 is 5.32 Å². The van der Waals surface area contributed by atoms with Crippen molar-refractivity contribution in [3.63, 3.8) is 0 Å². The monoisotopic (exact) mass is 269 g/mol. The number of fused-ring (bicyclic) bond motifs is 1. The summed E-state index contributed by atoms with van der Waals surface area (Å²) in [5.74, 6) is 0. The molecule has 2 atom stereocenters. The zero-order valence-corrected chi connectivity index (χ0v) is 12.8. The molecule has 0 saturated heterocycles. The molecule has 0 aliphatic heterocycles. The number of nitrogens with zero attached hydrogens (tertiary/aromatic N) is 2. The Morgan fingerprint density at radius 3 is 2.65 bits per heavy atom. The van der Waals surface area contributed by atoms with Crippen LogP contribution in [0.3, 0.4) is 0 Å². The molecule has 1 aliphatic rings. The molecule has 3 heteroatoms. The molecule has 1 aromatic carbocycles. The molecule has 1 N–H and O–H groups in total. The van der Waals surface area contributed by atoms with Crippen LogP contribution in [0.1, 0.15) is 47.1 Å². The summed E-state index contributed by atoms with van der Waals surface area (Å²) >= 11 is 0. The third kappa shape index (κ3) is 1.97. The van der Waals surface area contributed by atoms with Gasteiger partial charge in [-0.1, -0.05) is 31.2 Å². The third-order valence-corrected chi connectivity index (χ3v) is 4.63. The van der Waals surface area contributed by atoms with Crippen LogP contribution in [0, 0.1) is 20.8 Å². The highest BCUT2D eigenvalue weighted by atomic mass is 15.3. The molecule has 1 aromatic heterocycles. The number of benzene rings is 1. The normalized spacial score (nSPS) is 21.2. The first-order valence-corrected chi connectivity index (χ1v) is 7.47. The van der Waals surface area contributed by atoms with Gasteiger partial charge >= 0.3 is 0 Å². The van der Waals surface area contributed by atoms with E-state index in [1.54, 1.807) is 0 Å². The summed E-state index contributed by atoms with van der Waals surface area (Å²) < 4.78 is 2.23. The topological polar surface area (TPSA) is 29.9 Å². The first-order chi connectivity index (χ1) is 9.63. The van der Waals surface area contributed by atoms with E-state index in [9.17, 15) is 0 Å². The van der Waals surface area contributed by atoms with Crippen LogP contribution in [0.15, 0.2) is 24.3 Å². The second kappa shape index (κ2) is 5.06. The SMILES string of the molecule is CCNC1c2ccccc2CC1n1nc(C)c(C)c1C. The van der Waals surface area contributed by atoms with Crippen molar-refractivity contribution in [2.45, 2.75) is 46.2 Å². The molecule has 2 unspecified atom stereocenters. The van der Waals surface area contributed by atoms with E-state index < -0.39 is 0 Å². The maximum atomic E-state index is 4.78. The minimum absolute atomic E-state index is 0.369. The zero-order chi connectivity index (χ0) is 14.3. The summed E-state index contributed by atoms with van der Waals surface area (Å²) in [7, 11) is 0. The fourth-order valence-corrected chi connectivity index (χ4v) is 3.34. The van der Waals surface area contributed by atoms with Crippen LogP contribution in [0.2, 0.25) is 0 Å². The lowest BCUT2D eigenvalue weighted by Gasteiger charge is -2.23. The molecule has 0 fully saturated rings. The number of hydrogen-bond acceptors (Lipinski definition) is 2. The molecule has 20 heavy (non-hydrogen) atoms. The molecule has 0 bridgehead atoms. The van der Waals surface area contributed by atoms with E-state index >= 15 is 0 Å². The summed E-state index contributed by atoms with van der Waals surface area (Å²) in [4.78, 5) is 0. The Balaban J connectivity index is 2.04. The third-order valence-electron chi connectivity index (χ3n) is 4.63. The highest BCUT2D eigenvalue weighted by Gasteiger charge is 2.34. The van der Waals surface area contributed by atoms with Crippen LogP contribution in [0.5, 0.6) is 0 Å². The van der Waals surface area contributed by atoms with Gasteiger partial charge in [-0.05, 0) is 50.4 Å². The van der Waals surface area contributed by atoms with Gasteiger partial charge in [-0.2, -0.15) is 5.10 Å². The van der Waals surface area contributed by atoms with Crippen molar-refractivity contribution in [1.82, 2.24) is 15.1 Å². The first-order valence-electron chi connectivity index (χ1n) is 7.47. The van der Waals surface area contributed by atoms with Gasteiger partial charge in [-0.25, -0.2) is 0 Å².